The summed E-state index contributed by atoms with van der Waals surface area (Å²) in [6.07, 6.45) is 13.9. The third kappa shape index (κ3) is 7.70. The quantitative estimate of drug-likeness (QED) is 0.196. The summed E-state index contributed by atoms with van der Waals surface area (Å²) in [5.74, 6) is 1.24. The number of fused-ring (bicyclic) bond motifs is 1. The molecule has 1 saturated heterocycles. The number of carbonyl (C=O) groups is 1. The fraction of sp³-hybridized carbons (Fsp3) is 0.444. The predicted octanol–water partition coefficient (Wildman–Crippen LogP) is 7.92. The summed E-state index contributed by atoms with van der Waals surface area (Å²) in [5.41, 5.74) is 7.03. The van der Waals surface area contributed by atoms with Gasteiger partial charge in [-0.2, -0.15) is 0 Å². The highest BCUT2D eigenvalue weighted by Gasteiger charge is 2.23. The predicted molar refractivity (Wildman–Crippen MR) is 177 cm³/mol. The number of allylic oxidation sites excluding steroid dienone is 1. The summed E-state index contributed by atoms with van der Waals surface area (Å²) in [6, 6.07) is 14.8. The molecule has 1 aliphatic rings. The maximum Gasteiger partial charge on any atom is 0.223 e. The van der Waals surface area contributed by atoms with Crippen molar-refractivity contribution in [3.05, 3.63) is 72.1 Å². The van der Waals surface area contributed by atoms with Crippen LogP contribution >= 0.6 is 0 Å². The molecule has 0 bridgehead atoms. The van der Waals surface area contributed by atoms with Crippen molar-refractivity contribution in [2.75, 3.05) is 25.0 Å². The number of imidazole rings is 1. The van der Waals surface area contributed by atoms with Crippen molar-refractivity contribution in [2.45, 2.75) is 73.1 Å². The van der Waals surface area contributed by atoms with Crippen molar-refractivity contribution in [1.29, 1.82) is 0 Å². The molecule has 1 fully saturated rings. The molecule has 1 amide bonds. The van der Waals surface area contributed by atoms with Crippen LogP contribution in [0.5, 0.6) is 0 Å². The van der Waals surface area contributed by atoms with Crippen LogP contribution < -0.4 is 5.32 Å². The summed E-state index contributed by atoms with van der Waals surface area (Å²) in [4.78, 5) is 29.6. The molecule has 0 radical (unpaired) electrons. The number of nitrogens with zero attached hydrogens (tertiary/aromatic N) is 5. The van der Waals surface area contributed by atoms with E-state index < -0.39 is 0 Å². The van der Waals surface area contributed by atoms with Gasteiger partial charge in [-0.3, -0.25) is 9.20 Å². The Kier molecular flexibility index (Phi) is 9.59. The van der Waals surface area contributed by atoms with E-state index in [9.17, 15) is 4.79 Å². The lowest BCUT2D eigenvalue weighted by Gasteiger charge is -2.21. The molecule has 7 heteroatoms. The second-order valence-electron chi connectivity index (χ2n) is 13.0. The van der Waals surface area contributed by atoms with E-state index in [4.69, 9.17) is 9.97 Å². The highest BCUT2D eigenvalue weighted by molar-refractivity contribution is 5.81. The normalized spacial score (nSPS) is 14.6. The number of pyridine rings is 1. The Morgan fingerprint density at radius 1 is 1.07 bits per heavy atom. The molecule has 43 heavy (non-hydrogen) atoms. The van der Waals surface area contributed by atoms with Crippen molar-refractivity contribution >= 4 is 23.6 Å². The third-order valence-electron chi connectivity index (χ3n) is 8.05. The van der Waals surface area contributed by atoms with Crippen LogP contribution in [0.3, 0.4) is 0 Å². The number of anilines is 1. The smallest absolute Gasteiger partial charge is 0.223 e. The lowest BCUT2D eigenvalue weighted by molar-refractivity contribution is -0.131. The molecular formula is C36H46N6O. The molecule has 226 valence electrons. The molecule has 4 aromatic rings. The van der Waals surface area contributed by atoms with Crippen LogP contribution in [0.1, 0.15) is 77.8 Å². The van der Waals surface area contributed by atoms with Crippen LogP contribution in [0.25, 0.3) is 34.4 Å². The maximum absolute atomic E-state index is 13.0. The van der Waals surface area contributed by atoms with Crippen LogP contribution in [0.4, 0.5) is 5.95 Å². The van der Waals surface area contributed by atoms with E-state index in [0.717, 1.165) is 85.6 Å². The minimum atomic E-state index is 0.105. The monoisotopic (exact) mass is 578 g/mol. The van der Waals surface area contributed by atoms with Gasteiger partial charge < -0.3 is 10.2 Å². The lowest BCUT2D eigenvalue weighted by Crippen LogP contribution is -2.29. The molecule has 1 aliphatic heterocycles. The summed E-state index contributed by atoms with van der Waals surface area (Å²) < 4.78 is 2.14. The van der Waals surface area contributed by atoms with Crippen LogP contribution in [-0.2, 0) is 11.2 Å². The summed E-state index contributed by atoms with van der Waals surface area (Å²) >= 11 is 0. The van der Waals surface area contributed by atoms with E-state index in [1.807, 2.05) is 30.2 Å². The number of likely N-dealkylation sites (tertiary alicyclic amines) is 1. The number of hydrogen-bond donors (Lipinski definition) is 1. The molecule has 4 heterocycles. The summed E-state index contributed by atoms with van der Waals surface area (Å²) in [6.45, 7) is 13.4. The SMILES string of the molecule is C/C=C/c1ccc(-c2nc3cc(CC(CCC)CC(=O)N4CCCC4)ccn3c2-c2ccnc(NCC(C)(C)C)n2)cc1. The summed E-state index contributed by atoms with van der Waals surface area (Å²) in [7, 11) is 0. The number of hydrogen-bond acceptors (Lipinski definition) is 5. The second-order valence-corrected chi connectivity index (χ2v) is 13.0. The Bertz CT molecular complexity index is 1560. The molecule has 1 unspecified atom stereocenters. The van der Waals surface area contributed by atoms with Crippen LogP contribution in [0.15, 0.2) is 60.9 Å². The van der Waals surface area contributed by atoms with Gasteiger partial charge in [-0.1, -0.05) is 70.5 Å². The zero-order chi connectivity index (χ0) is 30.4. The van der Waals surface area contributed by atoms with Crippen molar-refractivity contribution in [3.8, 4) is 22.6 Å². The first-order chi connectivity index (χ1) is 20.7. The van der Waals surface area contributed by atoms with Gasteiger partial charge in [-0.15, -0.1) is 0 Å². The Morgan fingerprint density at radius 2 is 1.84 bits per heavy atom. The first kappa shape index (κ1) is 30.5. The number of rotatable bonds is 11. The van der Waals surface area contributed by atoms with E-state index in [2.05, 4.69) is 91.1 Å². The number of carbonyl (C=O) groups excluding carboxylic acids is 1. The second kappa shape index (κ2) is 13.5. The first-order valence-corrected chi connectivity index (χ1v) is 15.8. The van der Waals surface area contributed by atoms with Gasteiger partial charge in [0.2, 0.25) is 11.9 Å². The zero-order valence-corrected chi connectivity index (χ0v) is 26.4. The van der Waals surface area contributed by atoms with Crippen LogP contribution in [0.2, 0.25) is 0 Å². The topological polar surface area (TPSA) is 75.4 Å². The maximum atomic E-state index is 13.0. The van der Waals surface area contributed by atoms with Crippen molar-refractivity contribution in [2.24, 2.45) is 11.3 Å². The lowest BCUT2D eigenvalue weighted by atomic mass is 9.92. The molecule has 0 spiro atoms. The van der Waals surface area contributed by atoms with Gasteiger partial charge in [0.15, 0.2) is 0 Å². The Balaban J connectivity index is 1.51. The number of amides is 1. The number of nitrogens with one attached hydrogen (secondary N) is 1. The van der Waals surface area contributed by atoms with Crippen LogP contribution in [-0.4, -0.2) is 49.8 Å². The Morgan fingerprint density at radius 3 is 2.53 bits per heavy atom. The van der Waals surface area contributed by atoms with E-state index in [1.165, 1.54) is 5.56 Å². The average molecular weight is 579 g/mol. The molecule has 5 rings (SSSR count). The van der Waals surface area contributed by atoms with E-state index in [0.29, 0.717) is 24.2 Å². The minimum absolute atomic E-state index is 0.105. The van der Waals surface area contributed by atoms with Gasteiger partial charge in [-0.05, 0) is 73.3 Å². The fourth-order valence-corrected chi connectivity index (χ4v) is 5.88. The van der Waals surface area contributed by atoms with Crippen LogP contribution in [0, 0.1) is 11.3 Å². The van der Waals surface area contributed by atoms with Gasteiger partial charge in [0, 0.05) is 44.0 Å². The molecule has 7 nitrogen and oxygen atoms in total. The van der Waals surface area contributed by atoms with Crippen molar-refractivity contribution in [1.82, 2.24) is 24.3 Å². The highest BCUT2D eigenvalue weighted by atomic mass is 16.2. The molecule has 3 aromatic heterocycles. The number of aromatic nitrogens is 4. The van der Waals surface area contributed by atoms with E-state index in [-0.39, 0.29) is 5.41 Å². The largest absolute Gasteiger partial charge is 0.354 e. The molecule has 0 saturated carbocycles. The fourth-order valence-electron chi connectivity index (χ4n) is 5.88. The van der Waals surface area contributed by atoms with Crippen molar-refractivity contribution in [3.63, 3.8) is 0 Å². The standard InChI is InChI=1S/C36H46N6O/c1-6-10-26-12-14-29(15-13-26)33-34(30-16-18-37-35(39-30)38-25-36(3,4)5)42-21-17-28(23-31(42)40-33)22-27(11-7-2)24-32(43)41-19-8-9-20-41/h6,10,12-18,21,23,27H,7-9,11,19-20,22,24-25H2,1-5H3,(H,37,38,39)/b10-6+. The highest BCUT2D eigenvalue weighted by Crippen LogP contribution is 2.33. The molecule has 1 N–H and O–H groups in total. The van der Waals surface area contributed by atoms with Gasteiger partial charge in [0.05, 0.1) is 17.1 Å². The van der Waals surface area contributed by atoms with E-state index in [1.54, 1.807) is 0 Å². The molecule has 1 atom stereocenters. The summed E-state index contributed by atoms with van der Waals surface area (Å²) in [5, 5.41) is 3.40. The minimum Gasteiger partial charge on any atom is -0.354 e. The third-order valence-corrected chi connectivity index (χ3v) is 8.05. The molecule has 0 aliphatic carbocycles. The molecular weight excluding hydrogens is 532 g/mol. The Hall–Kier alpha value is -4.00. The first-order valence-electron chi connectivity index (χ1n) is 15.8. The van der Waals surface area contributed by atoms with E-state index >= 15 is 0 Å². The number of benzene rings is 1. The van der Waals surface area contributed by atoms with Crippen molar-refractivity contribution < 1.29 is 4.79 Å². The Labute approximate surface area is 256 Å². The van der Waals surface area contributed by atoms with Gasteiger partial charge in [-0.25, -0.2) is 15.0 Å². The molecule has 1 aromatic carbocycles. The average Bonchev–Trinajstić information content (AvgIpc) is 3.65. The zero-order valence-electron chi connectivity index (χ0n) is 26.4. The van der Waals surface area contributed by atoms with Gasteiger partial charge >= 0.3 is 0 Å². The van der Waals surface area contributed by atoms with Gasteiger partial charge in [0.25, 0.3) is 0 Å². The van der Waals surface area contributed by atoms with Gasteiger partial charge in [0.1, 0.15) is 5.65 Å².